The average Bonchev–Trinajstić information content (AvgIpc) is 2.70. The van der Waals surface area contributed by atoms with E-state index in [-0.39, 0.29) is 0 Å². The Labute approximate surface area is 163 Å². The van der Waals surface area contributed by atoms with Gasteiger partial charge >= 0.3 is 0 Å². The van der Waals surface area contributed by atoms with Crippen molar-refractivity contribution in [3.63, 3.8) is 0 Å². The first-order valence-electron chi connectivity index (χ1n) is 9.58. The normalized spacial score (nSPS) is 16.0. The lowest BCUT2D eigenvalue weighted by Crippen LogP contribution is -2.45. The Morgan fingerprint density at radius 1 is 0.889 bits per heavy atom. The van der Waals surface area contributed by atoms with Crippen molar-refractivity contribution in [1.82, 2.24) is 9.80 Å². The molecule has 4 heteroatoms. The molecule has 3 rings (SSSR count). The Kier molecular flexibility index (Phi) is 6.91. The highest BCUT2D eigenvalue weighted by Crippen LogP contribution is 2.32. The van der Waals surface area contributed by atoms with Gasteiger partial charge in [0.25, 0.3) is 0 Å². The van der Waals surface area contributed by atoms with Crippen LogP contribution < -0.4 is 9.47 Å². The van der Waals surface area contributed by atoms with Crippen LogP contribution in [0.1, 0.15) is 16.7 Å². The third kappa shape index (κ3) is 5.12. The Morgan fingerprint density at radius 3 is 2.26 bits per heavy atom. The number of ether oxygens (including phenoxy) is 2. The minimum atomic E-state index is 0.880. The third-order valence-electron chi connectivity index (χ3n) is 5.19. The quantitative estimate of drug-likeness (QED) is 0.743. The first-order chi connectivity index (χ1) is 13.2. The summed E-state index contributed by atoms with van der Waals surface area (Å²) < 4.78 is 11.1. The molecule has 144 valence electrons. The fraction of sp³-hybridized carbons (Fsp3) is 0.391. The molecular formula is C23H30N2O2. The predicted octanol–water partition coefficient (Wildman–Crippen LogP) is 3.84. The van der Waals surface area contributed by atoms with E-state index in [2.05, 4.69) is 65.3 Å². The fourth-order valence-corrected chi connectivity index (χ4v) is 3.63. The lowest BCUT2D eigenvalue weighted by atomic mass is 10.1. The van der Waals surface area contributed by atoms with Crippen molar-refractivity contribution in [2.24, 2.45) is 0 Å². The Hall–Kier alpha value is -2.30. The largest absolute Gasteiger partial charge is 0.496 e. The topological polar surface area (TPSA) is 24.9 Å². The molecule has 1 saturated heterocycles. The van der Waals surface area contributed by atoms with E-state index in [9.17, 15) is 0 Å². The van der Waals surface area contributed by atoms with Gasteiger partial charge in [0.2, 0.25) is 0 Å². The Balaban J connectivity index is 1.51. The zero-order valence-electron chi connectivity index (χ0n) is 16.6. The van der Waals surface area contributed by atoms with Gasteiger partial charge in [-0.3, -0.25) is 9.80 Å². The van der Waals surface area contributed by atoms with Gasteiger partial charge in [0.1, 0.15) is 11.5 Å². The molecule has 4 nitrogen and oxygen atoms in total. The second-order valence-corrected chi connectivity index (χ2v) is 6.98. The molecule has 0 bridgehead atoms. The average molecular weight is 367 g/mol. The highest BCUT2D eigenvalue weighted by Gasteiger charge is 2.19. The van der Waals surface area contributed by atoms with Gasteiger partial charge in [0.15, 0.2) is 0 Å². The van der Waals surface area contributed by atoms with Crippen LogP contribution in [-0.4, -0.2) is 56.7 Å². The number of nitrogens with zero attached hydrogens (tertiary/aromatic N) is 2. The Morgan fingerprint density at radius 2 is 1.59 bits per heavy atom. The summed E-state index contributed by atoms with van der Waals surface area (Å²) in [5.41, 5.74) is 3.56. The molecule has 0 radical (unpaired) electrons. The zero-order valence-corrected chi connectivity index (χ0v) is 16.6. The van der Waals surface area contributed by atoms with Crippen molar-refractivity contribution in [3.8, 4) is 11.5 Å². The van der Waals surface area contributed by atoms with Gasteiger partial charge < -0.3 is 9.47 Å². The lowest BCUT2D eigenvalue weighted by Gasteiger charge is -2.34. The van der Waals surface area contributed by atoms with Crippen molar-refractivity contribution >= 4 is 6.08 Å². The van der Waals surface area contributed by atoms with Crippen LogP contribution in [-0.2, 0) is 6.54 Å². The van der Waals surface area contributed by atoms with Gasteiger partial charge in [-0.1, -0.05) is 48.6 Å². The minimum Gasteiger partial charge on any atom is -0.496 e. The molecule has 0 atom stereocenters. The number of methoxy groups -OCH3 is 2. The van der Waals surface area contributed by atoms with Crippen molar-refractivity contribution in [2.75, 3.05) is 46.9 Å². The van der Waals surface area contributed by atoms with Crippen LogP contribution in [0.25, 0.3) is 6.08 Å². The second kappa shape index (κ2) is 9.58. The molecule has 0 unspecified atom stereocenters. The van der Waals surface area contributed by atoms with Crippen molar-refractivity contribution < 1.29 is 9.47 Å². The monoisotopic (exact) mass is 366 g/mol. The van der Waals surface area contributed by atoms with E-state index in [1.165, 1.54) is 11.1 Å². The summed E-state index contributed by atoms with van der Waals surface area (Å²) in [6.07, 6.45) is 4.47. The van der Waals surface area contributed by atoms with Crippen LogP contribution in [0, 0.1) is 6.92 Å². The maximum absolute atomic E-state index is 5.65. The van der Waals surface area contributed by atoms with E-state index in [1.54, 1.807) is 14.2 Å². The van der Waals surface area contributed by atoms with Crippen LogP contribution in [0.3, 0.4) is 0 Å². The van der Waals surface area contributed by atoms with Gasteiger partial charge in [0, 0.05) is 50.4 Å². The Bertz CT molecular complexity index is 750. The molecule has 0 aromatic heterocycles. The van der Waals surface area contributed by atoms with Crippen LogP contribution in [0.4, 0.5) is 0 Å². The summed E-state index contributed by atoms with van der Waals surface area (Å²) in [6, 6.07) is 14.6. The molecule has 1 heterocycles. The van der Waals surface area contributed by atoms with Gasteiger partial charge in [-0.25, -0.2) is 0 Å². The fourth-order valence-electron chi connectivity index (χ4n) is 3.63. The van der Waals surface area contributed by atoms with E-state index in [4.69, 9.17) is 9.47 Å². The summed E-state index contributed by atoms with van der Waals surface area (Å²) >= 11 is 0. The summed E-state index contributed by atoms with van der Waals surface area (Å²) in [5, 5.41) is 0. The van der Waals surface area contributed by atoms with Crippen molar-refractivity contribution in [1.29, 1.82) is 0 Å². The highest BCUT2D eigenvalue weighted by molar-refractivity contribution is 5.49. The minimum absolute atomic E-state index is 0.880. The molecule has 2 aromatic carbocycles. The number of hydrogen-bond donors (Lipinski definition) is 0. The lowest BCUT2D eigenvalue weighted by molar-refractivity contribution is 0.136. The summed E-state index contributed by atoms with van der Waals surface area (Å²) in [6.45, 7) is 8.32. The van der Waals surface area contributed by atoms with Crippen LogP contribution in [0.2, 0.25) is 0 Å². The molecule has 2 aromatic rings. The predicted molar refractivity (Wildman–Crippen MR) is 111 cm³/mol. The molecular weight excluding hydrogens is 336 g/mol. The molecule has 1 fully saturated rings. The molecule has 0 aliphatic carbocycles. The SMILES string of the molecule is COc1ccc(CN2CCN(CC=Cc3ccccc3)CC2)c(OC)c1C. The maximum atomic E-state index is 5.65. The van der Waals surface area contributed by atoms with Gasteiger partial charge in [-0.15, -0.1) is 0 Å². The van der Waals surface area contributed by atoms with Crippen molar-refractivity contribution in [3.05, 3.63) is 65.2 Å². The molecule has 0 amide bonds. The van der Waals surface area contributed by atoms with E-state index in [0.29, 0.717) is 0 Å². The number of rotatable bonds is 7. The van der Waals surface area contributed by atoms with E-state index in [0.717, 1.165) is 56.3 Å². The highest BCUT2D eigenvalue weighted by atomic mass is 16.5. The molecule has 0 saturated carbocycles. The van der Waals surface area contributed by atoms with Gasteiger partial charge in [-0.05, 0) is 18.6 Å². The number of hydrogen-bond acceptors (Lipinski definition) is 4. The van der Waals surface area contributed by atoms with E-state index < -0.39 is 0 Å². The van der Waals surface area contributed by atoms with Crippen LogP contribution in [0.15, 0.2) is 48.5 Å². The maximum Gasteiger partial charge on any atom is 0.129 e. The van der Waals surface area contributed by atoms with E-state index in [1.807, 2.05) is 6.07 Å². The zero-order chi connectivity index (χ0) is 19.1. The molecule has 1 aliphatic heterocycles. The third-order valence-corrected chi connectivity index (χ3v) is 5.19. The molecule has 27 heavy (non-hydrogen) atoms. The molecule has 0 spiro atoms. The van der Waals surface area contributed by atoms with Crippen LogP contribution >= 0.6 is 0 Å². The first kappa shape index (κ1) is 19.5. The van der Waals surface area contributed by atoms with Gasteiger partial charge in [0.05, 0.1) is 14.2 Å². The summed E-state index contributed by atoms with van der Waals surface area (Å²) in [5.74, 6) is 1.83. The van der Waals surface area contributed by atoms with Gasteiger partial charge in [-0.2, -0.15) is 0 Å². The number of piperazine rings is 1. The number of benzene rings is 2. The summed E-state index contributed by atoms with van der Waals surface area (Å²) in [7, 11) is 3.44. The van der Waals surface area contributed by atoms with E-state index >= 15 is 0 Å². The summed E-state index contributed by atoms with van der Waals surface area (Å²) in [4.78, 5) is 5.01. The van der Waals surface area contributed by atoms with Crippen molar-refractivity contribution in [2.45, 2.75) is 13.5 Å². The van der Waals surface area contributed by atoms with Crippen LogP contribution in [0.5, 0.6) is 11.5 Å². The molecule has 0 N–H and O–H groups in total. The molecule has 1 aliphatic rings. The smallest absolute Gasteiger partial charge is 0.129 e. The second-order valence-electron chi connectivity index (χ2n) is 6.98. The standard InChI is InChI=1S/C23H30N2O2/c1-19-22(26-2)12-11-21(23(19)27-3)18-25-16-14-24(15-17-25)13-7-10-20-8-5-4-6-9-20/h4-12H,13-18H2,1-3H3. The first-order valence-corrected chi connectivity index (χ1v) is 9.58.